The molecule has 4 aromatic carbocycles. The van der Waals surface area contributed by atoms with E-state index in [0.29, 0.717) is 5.56 Å². The Morgan fingerprint density at radius 2 is 1.70 bits per heavy atom. The molecule has 4 rings (SSSR count). The number of esters is 1. The molecule has 0 bridgehead atoms. The predicted molar refractivity (Wildman–Crippen MR) is 139 cm³/mol. The molecule has 4 aromatic rings. The Bertz CT molecular complexity index is 1480. The van der Waals surface area contributed by atoms with Crippen LogP contribution in [0.25, 0.3) is 10.8 Å². The highest BCUT2D eigenvalue weighted by molar-refractivity contribution is 5.92. The highest BCUT2D eigenvalue weighted by atomic mass is 16.6. The van der Waals surface area contributed by atoms with E-state index >= 15 is 0 Å². The number of carbonyl (C=O) groups is 2. The average molecular weight is 498 g/mol. The molecule has 1 amide bonds. The summed E-state index contributed by atoms with van der Waals surface area (Å²) in [6.45, 7) is 0.0382. The van der Waals surface area contributed by atoms with Gasteiger partial charge in [-0.1, -0.05) is 30.3 Å². The number of ether oxygens (including phenoxy) is 2. The first kappa shape index (κ1) is 24.9. The molecule has 0 atom stereocenters. The lowest BCUT2D eigenvalue weighted by atomic mass is 10.1. The number of nitro groups is 1. The monoisotopic (exact) mass is 498 g/mol. The Morgan fingerprint density at radius 3 is 2.43 bits per heavy atom. The molecule has 186 valence electrons. The van der Waals surface area contributed by atoms with Gasteiger partial charge in [-0.25, -0.2) is 10.2 Å². The van der Waals surface area contributed by atoms with E-state index < -0.39 is 10.9 Å². The quantitative estimate of drug-likeness (QED) is 0.114. The normalized spacial score (nSPS) is 10.7. The van der Waals surface area contributed by atoms with Crippen LogP contribution in [0.3, 0.4) is 0 Å². The van der Waals surface area contributed by atoms with Crippen LogP contribution in [0.15, 0.2) is 90.0 Å². The topological polar surface area (TPSA) is 132 Å². The van der Waals surface area contributed by atoms with Crippen molar-refractivity contribution in [1.29, 1.82) is 0 Å². The number of nitrogens with one attached hydrogen (secondary N) is 2. The Hall–Kier alpha value is -5.25. The minimum Gasteiger partial charge on any atom is -0.493 e. The van der Waals surface area contributed by atoms with Gasteiger partial charge < -0.3 is 14.8 Å². The smallest absolute Gasteiger partial charge is 0.343 e. The molecule has 10 heteroatoms. The molecule has 0 radical (unpaired) electrons. The highest BCUT2D eigenvalue weighted by Crippen LogP contribution is 2.28. The summed E-state index contributed by atoms with van der Waals surface area (Å²) in [7, 11) is 1.42. The van der Waals surface area contributed by atoms with Gasteiger partial charge in [0.25, 0.3) is 11.6 Å². The summed E-state index contributed by atoms with van der Waals surface area (Å²) >= 11 is 0. The molecule has 37 heavy (non-hydrogen) atoms. The average Bonchev–Trinajstić information content (AvgIpc) is 2.92. The van der Waals surface area contributed by atoms with Gasteiger partial charge in [0.05, 0.1) is 30.4 Å². The number of non-ortho nitro benzene ring substituents is 1. The summed E-state index contributed by atoms with van der Waals surface area (Å²) in [6, 6.07) is 23.6. The van der Waals surface area contributed by atoms with Gasteiger partial charge >= 0.3 is 5.97 Å². The molecule has 0 spiro atoms. The van der Waals surface area contributed by atoms with Crippen LogP contribution in [0.4, 0.5) is 11.4 Å². The zero-order valence-corrected chi connectivity index (χ0v) is 19.7. The van der Waals surface area contributed by atoms with Gasteiger partial charge in [-0.15, -0.1) is 0 Å². The fourth-order valence-corrected chi connectivity index (χ4v) is 3.43. The number of carbonyl (C=O) groups excluding carboxylic acids is 2. The lowest BCUT2D eigenvalue weighted by Crippen LogP contribution is -2.25. The number of nitro benzene ring substituents is 1. The van der Waals surface area contributed by atoms with Crippen molar-refractivity contribution in [2.75, 3.05) is 19.0 Å². The number of hydrazone groups is 1. The number of methoxy groups -OCH3 is 1. The van der Waals surface area contributed by atoms with E-state index in [1.165, 1.54) is 43.7 Å². The molecule has 0 aromatic heterocycles. The van der Waals surface area contributed by atoms with Gasteiger partial charge in [-0.2, -0.15) is 5.10 Å². The van der Waals surface area contributed by atoms with E-state index in [1.54, 1.807) is 12.1 Å². The first-order chi connectivity index (χ1) is 17.9. The zero-order chi connectivity index (χ0) is 26.2. The van der Waals surface area contributed by atoms with Crippen molar-refractivity contribution in [1.82, 2.24) is 5.43 Å². The summed E-state index contributed by atoms with van der Waals surface area (Å²) in [4.78, 5) is 34.8. The van der Waals surface area contributed by atoms with Crippen molar-refractivity contribution in [3.63, 3.8) is 0 Å². The van der Waals surface area contributed by atoms with Gasteiger partial charge in [0.2, 0.25) is 0 Å². The van der Waals surface area contributed by atoms with Crippen molar-refractivity contribution in [3.8, 4) is 11.5 Å². The van der Waals surface area contributed by atoms with Crippen LogP contribution in [0.5, 0.6) is 11.5 Å². The number of nitrogens with zero attached hydrogens (tertiary/aromatic N) is 2. The third-order valence-electron chi connectivity index (χ3n) is 5.31. The van der Waals surface area contributed by atoms with Crippen LogP contribution >= 0.6 is 0 Å². The van der Waals surface area contributed by atoms with Crippen LogP contribution in [0, 0.1) is 10.1 Å². The van der Waals surface area contributed by atoms with Crippen molar-refractivity contribution >= 4 is 40.2 Å². The number of amides is 1. The lowest BCUT2D eigenvalue weighted by molar-refractivity contribution is -0.384. The molecule has 0 fully saturated rings. The van der Waals surface area contributed by atoms with E-state index in [1.807, 2.05) is 42.5 Å². The van der Waals surface area contributed by atoms with E-state index in [0.717, 1.165) is 16.5 Å². The minimum atomic E-state index is -0.694. The fourth-order valence-electron chi connectivity index (χ4n) is 3.43. The van der Waals surface area contributed by atoms with E-state index in [4.69, 9.17) is 9.47 Å². The van der Waals surface area contributed by atoms with Gasteiger partial charge in [0.1, 0.15) is 0 Å². The molecular weight excluding hydrogens is 476 g/mol. The van der Waals surface area contributed by atoms with Crippen molar-refractivity contribution in [2.45, 2.75) is 0 Å². The van der Waals surface area contributed by atoms with Gasteiger partial charge in [0, 0.05) is 17.8 Å². The lowest BCUT2D eigenvalue weighted by Gasteiger charge is -2.10. The van der Waals surface area contributed by atoms with Gasteiger partial charge in [-0.3, -0.25) is 14.9 Å². The molecule has 0 saturated heterocycles. The SMILES string of the molecule is COc1cc(/C=N/NC(=O)CNc2ccc3ccccc3c2)ccc1OC(=O)c1ccc([N+](=O)[O-])cc1. The Kier molecular flexibility index (Phi) is 7.69. The second-order valence-electron chi connectivity index (χ2n) is 7.81. The van der Waals surface area contributed by atoms with E-state index in [2.05, 4.69) is 15.8 Å². The Labute approximate surface area is 211 Å². The largest absolute Gasteiger partial charge is 0.493 e. The van der Waals surface area contributed by atoms with Crippen LogP contribution < -0.4 is 20.2 Å². The molecule has 0 aliphatic carbocycles. The Balaban J connectivity index is 1.32. The van der Waals surface area contributed by atoms with Crippen LogP contribution in [0.2, 0.25) is 0 Å². The minimum absolute atomic E-state index is 0.0382. The highest BCUT2D eigenvalue weighted by Gasteiger charge is 2.14. The Morgan fingerprint density at radius 1 is 0.946 bits per heavy atom. The third kappa shape index (κ3) is 6.45. The second kappa shape index (κ2) is 11.5. The predicted octanol–water partition coefficient (Wildman–Crippen LogP) is 4.54. The first-order valence-electron chi connectivity index (χ1n) is 11.1. The van der Waals surface area contributed by atoms with Crippen molar-refractivity contribution in [2.24, 2.45) is 5.10 Å². The molecule has 2 N–H and O–H groups in total. The zero-order valence-electron chi connectivity index (χ0n) is 19.7. The maximum Gasteiger partial charge on any atom is 0.343 e. The number of hydrogen-bond acceptors (Lipinski definition) is 8. The van der Waals surface area contributed by atoms with Crippen LogP contribution in [0.1, 0.15) is 15.9 Å². The number of hydrogen-bond donors (Lipinski definition) is 2. The maximum absolute atomic E-state index is 12.4. The standard InChI is InChI=1S/C27H22N4O6/c1-36-25-14-18(6-13-24(25)37-27(33)20-8-11-23(12-9-20)31(34)35)16-29-30-26(32)17-28-22-10-7-19-4-2-3-5-21(19)15-22/h2-16,28H,17H2,1H3,(H,30,32)/b29-16+. The summed E-state index contributed by atoms with van der Waals surface area (Å²) < 4.78 is 10.7. The first-order valence-corrected chi connectivity index (χ1v) is 11.1. The molecule has 0 aliphatic heterocycles. The van der Waals surface area contributed by atoms with Crippen molar-refractivity contribution in [3.05, 3.63) is 106 Å². The number of anilines is 1. The third-order valence-corrected chi connectivity index (χ3v) is 5.31. The fraction of sp³-hybridized carbons (Fsp3) is 0.0741. The molecule has 0 heterocycles. The molecular formula is C27H22N4O6. The van der Waals surface area contributed by atoms with Gasteiger partial charge in [-0.05, 0) is 58.8 Å². The summed E-state index contributed by atoms with van der Waals surface area (Å²) in [5.41, 5.74) is 3.88. The van der Waals surface area contributed by atoms with Crippen molar-refractivity contribution < 1.29 is 24.0 Å². The second-order valence-corrected chi connectivity index (χ2v) is 7.81. The van der Waals surface area contributed by atoms with Gasteiger partial charge in [0.15, 0.2) is 11.5 Å². The summed E-state index contributed by atoms with van der Waals surface area (Å²) in [5, 5.41) is 20.0. The maximum atomic E-state index is 12.4. The number of benzene rings is 4. The molecule has 0 aliphatic rings. The molecule has 0 unspecified atom stereocenters. The molecule has 10 nitrogen and oxygen atoms in total. The van der Waals surface area contributed by atoms with Crippen LogP contribution in [-0.2, 0) is 4.79 Å². The number of fused-ring (bicyclic) bond motifs is 1. The summed E-state index contributed by atoms with van der Waals surface area (Å²) in [6.07, 6.45) is 1.43. The van der Waals surface area contributed by atoms with Crippen LogP contribution in [-0.4, -0.2) is 36.7 Å². The summed E-state index contributed by atoms with van der Waals surface area (Å²) in [5.74, 6) is -0.596. The van der Waals surface area contributed by atoms with E-state index in [-0.39, 0.29) is 35.2 Å². The number of rotatable bonds is 9. The molecule has 0 saturated carbocycles. The van der Waals surface area contributed by atoms with E-state index in [9.17, 15) is 19.7 Å².